The van der Waals surface area contributed by atoms with Gasteiger partial charge in [0.05, 0.1) is 11.1 Å². The van der Waals surface area contributed by atoms with Crippen molar-refractivity contribution < 1.29 is 0 Å². The van der Waals surface area contributed by atoms with Crippen molar-refractivity contribution in [3.05, 3.63) is 36.4 Å². The van der Waals surface area contributed by atoms with Crippen LogP contribution in [-0.4, -0.2) is 17.1 Å². The van der Waals surface area contributed by atoms with E-state index in [1.54, 1.807) is 0 Å². The molecule has 94 valence electrons. The minimum absolute atomic E-state index is 0.0649. The first-order chi connectivity index (χ1) is 8.81. The summed E-state index contributed by atoms with van der Waals surface area (Å²) in [6.45, 7) is 0.682. The Kier molecular flexibility index (Phi) is 2.92. The van der Waals surface area contributed by atoms with Crippen molar-refractivity contribution >= 4 is 16.7 Å². The molecule has 3 rings (SSSR count). The fourth-order valence-corrected chi connectivity index (χ4v) is 2.84. The van der Waals surface area contributed by atoms with E-state index in [2.05, 4.69) is 28.5 Å². The molecule has 0 amide bonds. The Morgan fingerprint density at radius 2 is 1.89 bits per heavy atom. The molecule has 0 unspecified atom stereocenters. The van der Waals surface area contributed by atoms with E-state index in [1.165, 1.54) is 18.2 Å². The van der Waals surface area contributed by atoms with Crippen LogP contribution in [-0.2, 0) is 0 Å². The highest BCUT2D eigenvalue weighted by Crippen LogP contribution is 2.32. The zero-order valence-corrected chi connectivity index (χ0v) is 10.5. The maximum absolute atomic E-state index is 5.94. The molecule has 1 aliphatic rings. The Hall–Kier alpha value is -1.61. The van der Waals surface area contributed by atoms with Crippen molar-refractivity contribution in [1.29, 1.82) is 0 Å². The first kappa shape index (κ1) is 11.5. The standard InChI is InChI=1S/C15H19N3/c16-11-15(9-3-4-10-15)18-14-8-7-12-5-1-2-6-13(12)17-14/h1-2,5-8H,3-4,9-11,16H2,(H,17,18). The zero-order valence-electron chi connectivity index (χ0n) is 10.5. The number of pyridine rings is 1. The molecule has 1 fully saturated rings. The third kappa shape index (κ3) is 2.06. The van der Waals surface area contributed by atoms with E-state index in [4.69, 9.17) is 5.73 Å². The van der Waals surface area contributed by atoms with Gasteiger partial charge in [0.2, 0.25) is 0 Å². The maximum Gasteiger partial charge on any atom is 0.127 e. The topological polar surface area (TPSA) is 50.9 Å². The Morgan fingerprint density at radius 1 is 1.11 bits per heavy atom. The van der Waals surface area contributed by atoms with Crippen LogP contribution in [0.2, 0.25) is 0 Å². The summed E-state index contributed by atoms with van der Waals surface area (Å²) in [7, 11) is 0. The Balaban J connectivity index is 1.90. The van der Waals surface area contributed by atoms with Gasteiger partial charge in [-0.2, -0.15) is 0 Å². The highest BCUT2D eigenvalue weighted by atomic mass is 15.1. The largest absolute Gasteiger partial charge is 0.363 e. The van der Waals surface area contributed by atoms with Crippen LogP contribution in [0.15, 0.2) is 36.4 Å². The molecular formula is C15H19N3. The van der Waals surface area contributed by atoms with E-state index in [0.717, 1.165) is 24.2 Å². The lowest BCUT2D eigenvalue weighted by Gasteiger charge is -2.29. The number of fused-ring (bicyclic) bond motifs is 1. The van der Waals surface area contributed by atoms with E-state index in [0.29, 0.717) is 6.54 Å². The summed E-state index contributed by atoms with van der Waals surface area (Å²) in [4.78, 5) is 4.67. The SMILES string of the molecule is NCC1(Nc2ccc3ccccc3n2)CCCC1. The molecular weight excluding hydrogens is 222 g/mol. The molecule has 3 nitrogen and oxygen atoms in total. The highest BCUT2D eigenvalue weighted by Gasteiger charge is 2.32. The third-order valence-corrected chi connectivity index (χ3v) is 3.94. The van der Waals surface area contributed by atoms with E-state index >= 15 is 0 Å². The Morgan fingerprint density at radius 3 is 2.67 bits per heavy atom. The van der Waals surface area contributed by atoms with Crippen molar-refractivity contribution in [2.45, 2.75) is 31.2 Å². The van der Waals surface area contributed by atoms with Crippen LogP contribution in [0.1, 0.15) is 25.7 Å². The number of nitrogens with zero attached hydrogens (tertiary/aromatic N) is 1. The van der Waals surface area contributed by atoms with Gasteiger partial charge in [0.25, 0.3) is 0 Å². The van der Waals surface area contributed by atoms with Crippen LogP contribution >= 0.6 is 0 Å². The van der Waals surface area contributed by atoms with Gasteiger partial charge in [-0.25, -0.2) is 4.98 Å². The van der Waals surface area contributed by atoms with Crippen molar-refractivity contribution in [2.24, 2.45) is 5.73 Å². The van der Waals surface area contributed by atoms with Gasteiger partial charge in [0.15, 0.2) is 0 Å². The lowest BCUT2D eigenvalue weighted by Crippen LogP contribution is -2.43. The number of para-hydroxylation sites is 1. The van der Waals surface area contributed by atoms with Crippen LogP contribution in [0.5, 0.6) is 0 Å². The van der Waals surface area contributed by atoms with Gasteiger partial charge in [-0.05, 0) is 31.0 Å². The number of aromatic nitrogens is 1. The first-order valence-electron chi connectivity index (χ1n) is 6.65. The number of hydrogen-bond acceptors (Lipinski definition) is 3. The fourth-order valence-electron chi connectivity index (χ4n) is 2.84. The summed E-state index contributed by atoms with van der Waals surface area (Å²) in [5.41, 5.74) is 7.04. The lowest BCUT2D eigenvalue weighted by atomic mass is 9.98. The van der Waals surface area contributed by atoms with Gasteiger partial charge in [0.1, 0.15) is 5.82 Å². The van der Waals surface area contributed by atoms with Gasteiger partial charge < -0.3 is 11.1 Å². The fraction of sp³-hybridized carbons (Fsp3) is 0.400. The normalized spacial score (nSPS) is 18.1. The Labute approximate surface area is 107 Å². The van der Waals surface area contributed by atoms with Crippen LogP contribution in [0, 0.1) is 0 Å². The van der Waals surface area contributed by atoms with Crippen molar-refractivity contribution in [1.82, 2.24) is 4.98 Å². The molecule has 3 heteroatoms. The number of rotatable bonds is 3. The van der Waals surface area contributed by atoms with Gasteiger partial charge in [-0.3, -0.25) is 0 Å². The summed E-state index contributed by atoms with van der Waals surface area (Å²) < 4.78 is 0. The van der Waals surface area contributed by atoms with Crippen LogP contribution in [0.25, 0.3) is 10.9 Å². The van der Waals surface area contributed by atoms with E-state index in [1.807, 2.05) is 18.2 Å². The summed E-state index contributed by atoms with van der Waals surface area (Å²) in [6, 6.07) is 12.4. The molecule has 1 aromatic carbocycles. The maximum atomic E-state index is 5.94. The minimum Gasteiger partial charge on any atom is -0.363 e. The second kappa shape index (κ2) is 4.58. The molecule has 1 aromatic heterocycles. The van der Waals surface area contributed by atoms with Gasteiger partial charge in [0, 0.05) is 11.9 Å². The molecule has 0 atom stereocenters. The minimum atomic E-state index is 0.0649. The number of benzene rings is 1. The average Bonchev–Trinajstić information content (AvgIpc) is 2.88. The van der Waals surface area contributed by atoms with Gasteiger partial charge in [-0.15, -0.1) is 0 Å². The molecule has 1 aliphatic carbocycles. The molecule has 0 spiro atoms. The summed E-state index contributed by atoms with van der Waals surface area (Å²) in [5.74, 6) is 0.945. The highest BCUT2D eigenvalue weighted by molar-refractivity contribution is 5.80. The average molecular weight is 241 g/mol. The van der Waals surface area contributed by atoms with E-state index < -0.39 is 0 Å². The summed E-state index contributed by atoms with van der Waals surface area (Å²) >= 11 is 0. The smallest absolute Gasteiger partial charge is 0.127 e. The van der Waals surface area contributed by atoms with E-state index in [-0.39, 0.29) is 5.54 Å². The quantitative estimate of drug-likeness (QED) is 0.868. The Bertz CT molecular complexity index is 544. The summed E-state index contributed by atoms with van der Waals surface area (Å²) in [5, 5.41) is 4.74. The summed E-state index contributed by atoms with van der Waals surface area (Å²) in [6.07, 6.45) is 4.82. The predicted octanol–water partition coefficient (Wildman–Crippen LogP) is 2.92. The molecule has 0 radical (unpaired) electrons. The second-order valence-corrected chi connectivity index (χ2v) is 5.21. The first-order valence-corrected chi connectivity index (χ1v) is 6.65. The van der Waals surface area contributed by atoms with Crippen LogP contribution < -0.4 is 11.1 Å². The monoisotopic (exact) mass is 241 g/mol. The molecule has 1 saturated carbocycles. The number of nitrogens with one attached hydrogen (secondary N) is 1. The second-order valence-electron chi connectivity index (χ2n) is 5.21. The number of nitrogens with two attached hydrogens (primary N) is 1. The van der Waals surface area contributed by atoms with Crippen molar-refractivity contribution in [3.8, 4) is 0 Å². The lowest BCUT2D eigenvalue weighted by molar-refractivity contribution is 0.491. The van der Waals surface area contributed by atoms with Crippen LogP contribution in [0.3, 0.4) is 0 Å². The molecule has 3 N–H and O–H groups in total. The van der Waals surface area contributed by atoms with Crippen molar-refractivity contribution in [3.63, 3.8) is 0 Å². The van der Waals surface area contributed by atoms with Gasteiger partial charge in [-0.1, -0.05) is 31.0 Å². The molecule has 0 aliphatic heterocycles. The molecule has 1 heterocycles. The number of anilines is 1. The van der Waals surface area contributed by atoms with Crippen LogP contribution in [0.4, 0.5) is 5.82 Å². The molecule has 0 saturated heterocycles. The zero-order chi connectivity index (χ0) is 12.4. The third-order valence-electron chi connectivity index (χ3n) is 3.94. The van der Waals surface area contributed by atoms with Gasteiger partial charge >= 0.3 is 0 Å². The van der Waals surface area contributed by atoms with Crippen molar-refractivity contribution in [2.75, 3.05) is 11.9 Å². The number of hydrogen-bond donors (Lipinski definition) is 2. The predicted molar refractivity (Wildman–Crippen MR) is 75.6 cm³/mol. The molecule has 2 aromatic rings. The van der Waals surface area contributed by atoms with E-state index in [9.17, 15) is 0 Å². The molecule has 0 bridgehead atoms. The molecule has 18 heavy (non-hydrogen) atoms.